The van der Waals surface area contributed by atoms with Gasteiger partial charge in [-0.1, -0.05) is 11.3 Å². The molecule has 7 heteroatoms. The zero-order chi connectivity index (χ0) is 13.1. The molecule has 0 bridgehead atoms. The minimum atomic E-state index is 0.101. The van der Waals surface area contributed by atoms with E-state index in [0.29, 0.717) is 18.0 Å². The highest BCUT2D eigenvalue weighted by Gasteiger charge is 2.23. The summed E-state index contributed by atoms with van der Waals surface area (Å²) < 4.78 is 0. The van der Waals surface area contributed by atoms with Crippen LogP contribution in [0.5, 0.6) is 0 Å². The van der Waals surface area contributed by atoms with Crippen LogP contribution in [0.2, 0.25) is 0 Å². The Bertz CT molecular complexity index is 484. The zero-order valence-electron chi connectivity index (χ0n) is 10.4. The van der Waals surface area contributed by atoms with E-state index in [2.05, 4.69) is 21.3 Å². The van der Waals surface area contributed by atoms with E-state index in [-0.39, 0.29) is 5.91 Å². The van der Waals surface area contributed by atoms with E-state index in [1.807, 2.05) is 4.90 Å². The Morgan fingerprint density at radius 1 is 1.44 bits per heavy atom. The summed E-state index contributed by atoms with van der Waals surface area (Å²) in [7, 11) is 1.79. The summed E-state index contributed by atoms with van der Waals surface area (Å²) >= 11 is 1.35. The number of nitrogens with zero attached hydrogens (tertiary/aromatic N) is 4. The van der Waals surface area contributed by atoms with Crippen LogP contribution in [-0.4, -0.2) is 49.0 Å². The number of amides is 1. The van der Waals surface area contributed by atoms with Gasteiger partial charge in [0.1, 0.15) is 6.07 Å². The summed E-state index contributed by atoms with van der Waals surface area (Å²) in [5, 5.41) is 12.8. The Labute approximate surface area is 110 Å². The molecule has 1 fully saturated rings. The largest absolute Gasteiger partial charge is 0.364 e. The van der Waals surface area contributed by atoms with E-state index < -0.39 is 0 Å². The predicted molar refractivity (Wildman–Crippen MR) is 70.8 cm³/mol. The van der Waals surface area contributed by atoms with Gasteiger partial charge in [-0.05, 0) is 0 Å². The molecule has 0 spiro atoms. The number of piperazine rings is 1. The molecule has 1 N–H and O–H groups in total. The lowest BCUT2D eigenvalue weighted by Crippen LogP contribution is -2.48. The van der Waals surface area contributed by atoms with Crippen molar-refractivity contribution in [3.8, 4) is 6.07 Å². The summed E-state index contributed by atoms with van der Waals surface area (Å²) in [5.41, 5.74) is 0. The van der Waals surface area contributed by atoms with Crippen LogP contribution in [0.4, 0.5) is 10.9 Å². The second-order valence-corrected chi connectivity index (χ2v) is 5.03. The molecule has 1 aromatic heterocycles. The molecule has 1 saturated heterocycles. The van der Waals surface area contributed by atoms with Gasteiger partial charge in [0.2, 0.25) is 5.91 Å². The molecule has 1 aromatic rings. The number of nitriles is 1. The highest BCUT2D eigenvalue weighted by Crippen LogP contribution is 2.29. The van der Waals surface area contributed by atoms with Gasteiger partial charge in [-0.15, -0.1) is 0 Å². The second kappa shape index (κ2) is 5.23. The van der Waals surface area contributed by atoms with Gasteiger partial charge in [0.25, 0.3) is 0 Å². The summed E-state index contributed by atoms with van der Waals surface area (Å²) in [4.78, 5) is 20.1. The molecule has 0 aliphatic carbocycles. The normalized spacial score (nSPS) is 15.4. The van der Waals surface area contributed by atoms with Crippen molar-refractivity contribution in [3.05, 3.63) is 4.88 Å². The maximum Gasteiger partial charge on any atom is 0.219 e. The van der Waals surface area contributed by atoms with Crippen molar-refractivity contribution in [1.29, 1.82) is 5.26 Å². The van der Waals surface area contributed by atoms with E-state index in [4.69, 9.17) is 5.26 Å². The third-order valence-electron chi connectivity index (χ3n) is 2.95. The molecular weight excluding hydrogens is 250 g/mol. The van der Waals surface area contributed by atoms with Gasteiger partial charge >= 0.3 is 0 Å². The second-order valence-electron chi connectivity index (χ2n) is 4.03. The molecular formula is C11H15N5OS. The fraction of sp³-hybridized carbons (Fsp3) is 0.545. The van der Waals surface area contributed by atoms with Gasteiger partial charge in [-0.2, -0.15) is 5.26 Å². The van der Waals surface area contributed by atoms with Crippen molar-refractivity contribution in [3.63, 3.8) is 0 Å². The number of nitrogens with one attached hydrogen (secondary N) is 1. The van der Waals surface area contributed by atoms with Gasteiger partial charge in [-0.3, -0.25) is 4.79 Å². The van der Waals surface area contributed by atoms with Crippen LogP contribution in [0.3, 0.4) is 0 Å². The van der Waals surface area contributed by atoms with Crippen LogP contribution in [0.15, 0.2) is 0 Å². The third-order valence-corrected chi connectivity index (χ3v) is 3.92. The van der Waals surface area contributed by atoms with Crippen LogP contribution >= 0.6 is 11.3 Å². The van der Waals surface area contributed by atoms with Gasteiger partial charge in [0.15, 0.2) is 15.8 Å². The molecule has 96 valence electrons. The highest BCUT2D eigenvalue weighted by atomic mass is 32.1. The van der Waals surface area contributed by atoms with Gasteiger partial charge in [0, 0.05) is 40.2 Å². The molecule has 0 saturated carbocycles. The molecule has 0 aromatic carbocycles. The van der Waals surface area contributed by atoms with Crippen LogP contribution < -0.4 is 10.2 Å². The van der Waals surface area contributed by atoms with Crippen molar-refractivity contribution >= 4 is 28.2 Å². The van der Waals surface area contributed by atoms with Gasteiger partial charge in [0.05, 0.1) is 0 Å². The average molecular weight is 265 g/mol. The van der Waals surface area contributed by atoms with Gasteiger partial charge < -0.3 is 15.1 Å². The Kier molecular flexibility index (Phi) is 3.67. The highest BCUT2D eigenvalue weighted by molar-refractivity contribution is 7.16. The fourth-order valence-corrected chi connectivity index (χ4v) is 2.68. The van der Waals surface area contributed by atoms with E-state index in [1.54, 1.807) is 14.0 Å². The van der Waals surface area contributed by atoms with E-state index in [0.717, 1.165) is 24.0 Å². The number of carbonyl (C=O) groups excluding carboxylic acids is 1. The predicted octanol–water partition coefficient (Wildman–Crippen LogP) is 0.725. The number of hydrogen-bond acceptors (Lipinski definition) is 6. The number of thiazole rings is 1. The molecule has 0 atom stereocenters. The van der Waals surface area contributed by atoms with Gasteiger partial charge in [-0.25, -0.2) is 4.98 Å². The first-order chi connectivity index (χ1) is 8.65. The van der Waals surface area contributed by atoms with E-state index in [9.17, 15) is 4.79 Å². The maximum atomic E-state index is 11.2. The smallest absolute Gasteiger partial charge is 0.219 e. The molecule has 18 heavy (non-hydrogen) atoms. The Balaban J connectivity index is 2.12. The van der Waals surface area contributed by atoms with Crippen molar-refractivity contribution < 1.29 is 4.79 Å². The Morgan fingerprint density at radius 2 is 2.11 bits per heavy atom. The molecule has 0 radical (unpaired) electrons. The van der Waals surface area contributed by atoms with Crippen LogP contribution in [0.25, 0.3) is 0 Å². The maximum absolute atomic E-state index is 11.2. The molecule has 1 aliphatic rings. The standard InChI is InChI=1S/C11H15N5OS/c1-8(17)15-3-5-16(6-4-15)10-9(7-12)18-11(13-2)14-10/h3-6H2,1-2H3,(H,13,14). The number of aromatic nitrogens is 1. The number of hydrogen-bond donors (Lipinski definition) is 1. The lowest BCUT2D eigenvalue weighted by atomic mass is 10.3. The Hall–Kier alpha value is -1.81. The summed E-state index contributed by atoms with van der Waals surface area (Å²) in [6.07, 6.45) is 0. The molecule has 6 nitrogen and oxygen atoms in total. The van der Waals surface area contributed by atoms with Crippen molar-refractivity contribution in [2.75, 3.05) is 43.4 Å². The van der Waals surface area contributed by atoms with E-state index >= 15 is 0 Å². The van der Waals surface area contributed by atoms with E-state index in [1.165, 1.54) is 11.3 Å². The monoisotopic (exact) mass is 265 g/mol. The van der Waals surface area contributed by atoms with Crippen LogP contribution in [0, 0.1) is 11.3 Å². The number of rotatable bonds is 2. The molecule has 0 unspecified atom stereocenters. The molecule has 2 rings (SSSR count). The molecule has 2 heterocycles. The zero-order valence-corrected chi connectivity index (χ0v) is 11.3. The summed E-state index contributed by atoms with van der Waals surface area (Å²) in [6.45, 7) is 4.40. The van der Waals surface area contributed by atoms with Crippen molar-refractivity contribution in [2.45, 2.75) is 6.92 Å². The van der Waals surface area contributed by atoms with Crippen LogP contribution in [-0.2, 0) is 4.79 Å². The fourth-order valence-electron chi connectivity index (χ4n) is 1.94. The Morgan fingerprint density at radius 3 is 2.61 bits per heavy atom. The summed E-state index contributed by atoms with van der Waals surface area (Å²) in [5.74, 6) is 0.833. The number of anilines is 2. The lowest BCUT2D eigenvalue weighted by Gasteiger charge is -2.34. The molecule has 1 amide bonds. The van der Waals surface area contributed by atoms with Crippen molar-refractivity contribution in [1.82, 2.24) is 9.88 Å². The van der Waals surface area contributed by atoms with Crippen molar-refractivity contribution in [2.24, 2.45) is 0 Å². The number of carbonyl (C=O) groups is 1. The first-order valence-corrected chi connectivity index (χ1v) is 6.56. The topological polar surface area (TPSA) is 72.3 Å². The first-order valence-electron chi connectivity index (χ1n) is 5.75. The third kappa shape index (κ3) is 2.38. The first kappa shape index (κ1) is 12.6. The SMILES string of the molecule is CNc1nc(N2CCN(C(C)=O)CC2)c(C#N)s1. The summed E-state index contributed by atoms with van der Waals surface area (Å²) in [6, 6.07) is 2.18. The minimum Gasteiger partial charge on any atom is -0.364 e. The minimum absolute atomic E-state index is 0.101. The lowest BCUT2D eigenvalue weighted by molar-refractivity contribution is -0.129. The quantitative estimate of drug-likeness (QED) is 0.853. The van der Waals surface area contributed by atoms with Crippen LogP contribution in [0.1, 0.15) is 11.8 Å². The average Bonchev–Trinajstić information content (AvgIpc) is 2.82. The molecule has 1 aliphatic heterocycles.